The summed E-state index contributed by atoms with van der Waals surface area (Å²) < 4.78 is 5.09. The zero-order chi connectivity index (χ0) is 11.4. The fourth-order valence-electron chi connectivity index (χ4n) is 0.819. The van der Waals surface area contributed by atoms with Gasteiger partial charge in [0.15, 0.2) is 0 Å². The lowest BCUT2D eigenvalue weighted by Gasteiger charge is -2.26. The van der Waals surface area contributed by atoms with Crippen LogP contribution in [0.25, 0.3) is 0 Å². The van der Waals surface area contributed by atoms with Crippen LogP contribution >= 0.6 is 0 Å². The standard InChI is InChI=1S/C11H22O2Si/c1-9(2)11(12)13-7-8-14(5,6)10(3)4/h10H,1,7-8H2,2-6H3. The molecule has 0 saturated carbocycles. The lowest BCUT2D eigenvalue weighted by molar-refractivity contribution is -0.138. The van der Waals surface area contributed by atoms with E-state index >= 15 is 0 Å². The molecule has 2 nitrogen and oxygen atoms in total. The minimum Gasteiger partial charge on any atom is -0.463 e. The van der Waals surface area contributed by atoms with Gasteiger partial charge in [0, 0.05) is 5.57 Å². The molecular formula is C11H22O2Si. The molecule has 0 aliphatic heterocycles. The summed E-state index contributed by atoms with van der Waals surface area (Å²) in [5.41, 5.74) is 1.21. The van der Waals surface area contributed by atoms with E-state index in [-0.39, 0.29) is 5.97 Å². The summed E-state index contributed by atoms with van der Waals surface area (Å²) in [6.45, 7) is 14.9. The van der Waals surface area contributed by atoms with E-state index in [1.54, 1.807) is 6.92 Å². The smallest absolute Gasteiger partial charge is 0.333 e. The minimum absolute atomic E-state index is 0.265. The molecule has 0 radical (unpaired) electrons. The van der Waals surface area contributed by atoms with E-state index in [0.717, 1.165) is 11.6 Å². The van der Waals surface area contributed by atoms with Crippen molar-refractivity contribution in [2.24, 2.45) is 0 Å². The van der Waals surface area contributed by atoms with Gasteiger partial charge in [-0.25, -0.2) is 4.79 Å². The number of carbonyl (C=O) groups excluding carboxylic acids is 1. The van der Waals surface area contributed by atoms with Crippen molar-refractivity contribution in [1.82, 2.24) is 0 Å². The molecule has 0 atom stereocenters. The van der Waals surface area contributed by atoms with Gasteiger partial charge in [-0.05, 0) is 13.0 Å². The van der Waals surface area contributed by atoms with Crippen LogP contribution in [0.1, 0.15) is 20.8 Å². The monoisotopic (exact) mass is 214 g/mol. The molecule has 14 heavy (non-hydrogen) atoms. The van der Waals surface area contributed by atoms with Crippen LogP contribution in [-0.2, 0) is 9.53 Å². The molecule has 0 spiro atoms. The van der Waals surface area contributed by atoms with Gasteiger partial charge in [-0.1, -0.05) is 39.1 Å². The van der Waals surface area contributed by atoms with Gasteiger partial charge in [0.1, 0.15) is 0 Å². The molecular weight excluding hydrogens is 192 g/mol. The van der Waals surface area contributed by atoms with E-state index in [0.29, 0.717) is 12.2 Å². The summed E-state index contributed by atoms with van der Waals surface area (Å²) >= 11 is 0. The Morgan fingerprint density at radius 2 is 1.93 bits per heavy atom. The molecule has 0 N–H and O–H groups in total. The zero-order valence-electron chi connectivity index (χ0n) is 10.0. The van der Waals surface area contributed by atoms with Crippen LogP contribution in [0.2, 0.25) is 24.7 Å². The number of rotatable bonds is 5. The third-order valence-corrected chi connectivity index (χ3v) is 7.51. The summed E-state index contributed by atoms with van der Waals surface area (Å²) in [4.78, 5) is 11.1. The quantitative estimate of drug-likeness (QED) is 0.399. The Morgan fingerprint density at radius 1 is 1.43 bits per heavy atom. The molecule has 0 amide bonds. The maximum atomic E-state index is 11.1. The van der Waals surface area contributed by atoms with Crippen molar-refractivity contribution >= 4 is 14.0 Å². The highest BCUT2D eigenvalue weighted by atomic mass is 28.3. The van der Waals surface area contributed by atoms with Gasteiger partial charge in [-0.3, -0.25) is 0 Å². The molecule has 82 valence electrons. The molecule has 0 heterocycles. The Hall–Kier alpha value is -0.573. The first kappa shape index (κ1) is 13.4. The van der Waals surface area contributed by atoms with E-state index < -0.39 is 8.07 Å². The number of esters is 1. The summed E-state index contributed by atoms with van der Waals surface area (Å²) in [6.07, 6.45) is 0. The van der Waals surface area contributed by atoms with Crippen LogP contribution in [0, 0.1) is 0 Å². The fraction of sp³-hybridized carbons (Fsp3) is 0.727. The van der Waals surface area contributed by atoms with Crippen molar-refractivity contribution in [2.45, 2.75) is 45.5 Å². The molecule has 3 heteroatoms. The summed E-state index contributed by atoms with van der Waals surface area (Å²) in [6, 6.07) is 1.03. The molecule has 0 unspecified atom stereocenters. The average Bonchev–Trinajstić information content (AvgIpc) is 2.03. The molecule has 0 aromatic rings. The summed E-state index contributed by atoms with van der Waals surface area (Å²) in [7, 11) is -1.19. The Balaban J connectivity index is 3.85. The molecule has 0 aliphatic rings. The van der Waals surface area contributed by atoms with E-state index in [1.165, 1.54) is 0 Å². The number of hydrogen-bond acceptors (Lipinski definition) is 2. The first-order valence-corrected chi connectivity index (χ1v) is 8.38. The second-order valence-corrected chi connectivity index (χ2v) is 10.4. The van der Waals surface area contributed by atoms with Gasteiger partial charge >= 0.3 is 5.97 Å². The Labute approximate surface area is 88.4 Å². The van der Waals surface area contributed by atoms with Crippen LogP contribution < -0.4 is 0 Å². The lowest BCUT2D eigenvalue weighted by atomic mass is 10.4. The summed E-state index contributed by atoms with van der Waals surface area (Å²) in [5, 5.41) is 0. The fourth-order valence-corrected chi connectivity index (χ4v) is 2.02. The van der Waals surface area contributed by atoms with Gasteiger partial charge in [-0.2, -0.15) is 0 Å². The third kappa shape index (κ3) is 4.60. The highest BCUT2D eigenvalue weighted by Gasteiger charge is 2.24. The van der Waals surface area contributed by atoms with Gasteiger partial charge in [0.05, 0.1) is 14.7 Å². The van der Waals surface area contributed by atoms with Gasteiger partial charge in [0.2, 0.25) is 0 Å². The van der Waals surface area contributed by atoms with E-state index in [9.17, 15) is 4.79 Å². The zero-order valence-corrected chi connectivity index (χ0v) is 11.0. The minimum atomic E-state index is -1.19. The van der Waals surface area contributed by atoms with Crippen molar-refractivity contribution in [3.63, 3.8) is 0 Å². The largest absolute Gasteiger partial charge is 0.463 e. The van der Waals surface area contributed by atoms with Crippen LogP contribution in [0.5, 0.6) is 0 Å². The third-order valence-electron chi connectivity index (χ3n) is 2.89. The Kier molecular flexibility index (Phi) is 5.12. The first-order chi connectivity index (χ1) is 6.27. The van der Waals surface area contributed by atoms with Crippen molar-refractivity contribution in [3.8, 4) is 0 Å². The van der Waals surface area contributed by atoms with Crippen LogP contribution in [0.4, 0.5) is 0 Å². The Morgan fingerprint density at radius 3 is 2.29 bits per heavy atom. The summed E-state index contributed by atoms with van der Waals surface area (Å²) in [5.74, 6) is -0.265. The molecule has 0 aliphatic carbocycles. The van der Waals surface area contributed by atoms with Gasteiger partial charge < -0.3 is 4.74 Å². The second-order valence-electron chi connectivity index (χ2n) is 4.81. The number of hydrogen-bond donors (Lipinski definition) is 0. The molecule has 0 fully saturated rings. The number of ether oxygens (including phenoxy) is 1. The molecule has 0 saturated heterocycles. The predicted octanol–water partition coefficient (Wildman–Crippen LogP) is 3.22. The highest BCUT2D eigenvalue weighted by Crippen LogP contribution is 2.24. The van der Waals surface area contributed by atoms with Gasteiger partial charge in [-0.15, -0.1) is 0 Å². The van der Waals surface area contributed by atoms with Crippen molar-refractivity contribution < 1.29 is 9.53 Å². The molecule has 0 aromatic heterocycles. The van der Waals surface area contributed by atoms with E-state index in [1.807, 2.05) is 0 Å². The number of carbonyl (C=O) groups is 1. The molecule has 0 bridgehead atoms. The molecule has 0 aromatic carbocycles. The van der Waals surface area contributed by atoms with Crippen LogP contribution in [0.15, 0.2) is 12.2 Å². The maximum Gasteiger partial charge on any atom is 0.333 e. The van der Waals surface area contributed by atoms with E-state index in [4.69, 9.17) is 4.74 Å². The van der Waals surface area contributed by atoms with Crippen molar-refractivity contribution in [2.75, 3.05) is 6.61 Å². The highest BCUT2D eigenvalue weighted by molar-refractivity contribution is 6.78. The predicted molar refractivity (Wildman–Crippen MR) is 63.2 cm³/mol. The van der Waals surface area contributed by atoms with Crippen molar-refractivity contribution in [3.05, 3.63) is 12.2 Å². The Bertz CT molecular complexity index is 219. The normalized spacial score (nSPS) is 11.6. The second kappa shape index (κ2) is 5.34. The van der Waals surface area contributed by atoms with Crippen LogP contribution in [0.3, 0.4) is 0 Å². The van der Waals surface area contributed by atoms with E-state index in [2.05, 4.69) is 33.5 Å². The molecule has 0 rings (SSSR count). The maximum absolute atomic E-state index is 11.1. The SMILES string of the molecule is C=C(C)C(=O)OCC[Si](C)(C)C(C)C. The lowest BCUT2D eigenvalue weighted by Crippen LogP contribution is -2.31. The van der Waals surface area contributed by atoms with Gasteiger partial charge in [0.25, 0.3) is 0 Å². The topological polar surface area (TPSA) is 26.3 Å². The van der Waals surface area contributed by atoms with Crippen molar-refractivity contribution in [1.29, 1.82) is 0 Å². The van der Waals surface area contributed by atoms with Crippen LogP contribution in [-0.4, -0.2) is 20.7 Å². The average molecular weight is 214 g/mol. The first-order valence-electron chi connectivity index (χ1n) is 5.10.